The van der Waals surface area contributed by atoms with Crippen LogP contribution in [0.1, 0.15) is 40.0 Å². The maximum atomic E-state index is 11.6. The van der Waals surface area contributed by atoms with Gasteiger partial charge in [-0.05, 0) is 48.9 Å². The average molecular weight is 260 g/mol. The van der Waals surface area contributed by atoms with Gasteiger partial charge in [0.05, 0.1) is 0 Å². The molecule has 1 fully saturated rings. The van der Waals surface area contributed by atoms with Crippen LogP contribution in [0.5, 0.6) is 0 Å². The van der Waals surface area contributed by atoms with E-state index >= 15 is 0 Å². The first kappa shape index (κ1) is 13.9. The molecule has 3 nitrogen and oxygen atoms in total. The smallest absolute Gasteiger partial charge is 0.227 e. The largest absolute Gasteiger partial charge is 0.385 e. The number of hydrogen-bond donors (Lipinski definition) is 2. The number of nitrogens with one attached hydrogen (secondary N) is 2. The molecule has 1 aromatic carbocycles. The van der Waals surface area contributed by atoms with Crippen LogP contribution in [-0.2, 0) is 4.79 Å². The van der Waals surface area contributed by atoms with E-state index < -0.39 is 0 Å². The normalized spacial score (nSPS) is 15.1. The second-order valence-electron chi connectivity index (χ2n) is 6.58. The molecule has 104 valence electrons. The maximum absolute atomic E-state index is 11.6. The van der Waals surface area contributed by atoms with Gasteiger partial charge in [-0.25, -0.2) is 0 Å². The van der Waals surface area contributed by atoms with Gasteiger partial charge < -0.3 is 10.6 Å². The minimum Gasteiger partial charge on any atom is -0.385 e. The Bertz CT molecular complexity index is 427. The Balaban J connectivity index is 1.79. The van der Waals surface area contributed by atoms with Crippen molar-refractivity contribution < 1.29 is 4.79 Å². The van der Waals surface area contributed by atoms with E-state index in [-0.39, 0.29) is 11.8 Å². The van der Waals surface area contributed by atoms with Crippen LogP contribution < -0.4 is 10.6 Å². The molecule has 0 aliphatic heterocycles. The fourth-order valence-electron chi connectivity index (χ4n) is 1.84. The van der Waals surface area contributed by atoms with Gasteiger partial charge in [0.2, 0.25) is 5.91 Å². The Morgan fingerprint density at radius 2 is 1.74 bits per heavy atom. The Labute approximate surface area is 115 Å². The Kier molecular flexibility index (Phi) is 4.13. The van der Waals surface area contributed by atoms with Gasteiger partial charge in [-0.15, -0.1) is 0 Å². The van der Waals surface area contributed by atoms with Gasteiger partial charge in [0, 0.05) is 23.8 Å². The lowest BCUT2D eigenvalue weighted by Gasteiger charge is -2.18. The highest BCUT2D eigenvalue weighted by atomic mass is 16.2. The topological polar surface area (TPSA) is 41.1 Å². The number of carbonyl (C=O) groups excluding carboxylic acids is 1. The second-order valence-corrected chi connectivity index (χ2v) is 6.58. The minimum absolute atomic E-state index is 0.161. The molecule has 0 spiro atoms. The zero-order valence-electron chi connectivity index (χ0n) is 12.1. The molecule has 0 aromatic heterocycles. The molecular formula is C16H24N2O. The monoisotopic (exact) mass is 260 g/mol. The van der Waals surface area contributed by atoms with Crippen LogP contribution in [-0.4, -0.2) is 12.5 Å². The van der Waals surface area contributed by atoms with Crippen molar-refractivity contribution in [3.8, 4) is 0 Å². The molecular weight excluding hydrogens is 236 g/mol. The second kappa shape index (κ2) is 5.64. The van der Waals surface area contributed by atoms with Crippen molar-refractivity contribution in [2.75, 3.05) is 17.2 Å². The van der Waals surface area contributed by atoms with Crippen LogP contribution in [0.3, 0.4) is 0 Å². The molecule has 2 N–H and O–H groups in total. The first-order chi connectivity index (χ1) is 8.94. The van der Waals surface area contributed by atoms with E-state index in [4.69, 9.17) is 0 Å². The van der Waals surface area contributed by atoms with Gasteiger partial charge in [0.1, 0.15) is 0 Å². The Morgan fingerprint density at radius 3 is 2.26 bits per heavy atom. The quantitative estimate of drug-likeness (QED) is 0.843. The van der Waals surface area contributed by atoms with Crippen LogP contribution in [0, 0.1) is 11.3 Å². The van der Waals surface area contributed by atoms with E-state index in [1.54, 1.807) is 0 Å². The molecule has 1 saturated carbocycles. The summed E-state index contributed by atoms with van der Waals surface area (Å²) in [5.74, 6) is 0.415. The lowest BCUT2D eigenvalue weighted by molar-refractivity contribution is -0.117. The summed E-state index contributed by atoms with van der Waals surface area (Å²) in [4.78, 5) is 11.6. The number of benzene rings is 1. The van der Waals surface area contributed by atoms with Gasteiger partial charge in [0.25, 0.3) is 0 Å². The van der Waals surface area contributed by atoms with Crippen molar-refractivity contribution in [1.82, 2.24) is 0 Å². The highest BCUT2D eigenvalue weighted by Crippen LogP contribution is 2.30. The molecule has 19 heavy (non-hydrogen) atoms. The predicted octanol–water partition coefficient (Wildman–Crippen LogP) is 3.88. The van der Waals surface area contributed by atoms with Crippen molar-refractivity contribution in [3.05, 3.63) is 24.3 Å². The summed E-state index contributed by atoms with van der Waals surface area (Å²) in [7, 11) is 0. The third kappa shape index (κ3) is 4.93. The standard InChI is InChI=1S/C16H24N2O/c1-16(2,3)10-11-17-13-6-8-14(9-7-13)18-15(19)12-4-5-12/h6-9,12,17H,4-5,10-11H2,1-3H3,(H,18,19). The fraction of sp³-hybridized carbons (Fsp3) is 0.562. The molecule has 0 heterocycles. The molecule has 1 aliphatic rings. The zero-order chi connectivity index (χ0) is 13.9. The first-order valence-corrected chi connectivity index (χ1v) is 7.09. The average Bonchev–Trinajstić information content (AvgIpc) is 3.13. The van der Waals surface area contributed by atoms with Crippen LogP contribution in [0.2, 0.25) is 0 Å². The molecule has 1 aromatic rings. The van der Waals surface area contributed by atoms with Crippen molar-refractivity contribution in [2.24, 2.45) is 11.3 Å². The van der Waals surface area contributed by atoms with E-state index in [9.17, 15) is 4.79 Å². The third-order valence-electron chi connectivity index (χ3n) is 3.30. The first-order valence-electron chi connectivity index (χ1n) is 7.09. The summed E-state index contributed by atoms with van der Waals surface area (Å²) in [6.07, 6.45) is 3.21. The van der Waals surface area contributed by atoms with E-state index in [0.29, 0.717) is 5.41 Å². The predicted molar refractivity (Wildman–Crippen MR) is 80.4 cm³/mol. The highest BCUT2D eigenvalue weighted by Gasteiger charge is 2.29. The molecule has 0 atom stereocenters. The van der Waals surface area contributed by atoms with Crippen LogP contribution in [0.4, 0.5) is 11.4 Å². The van der Waals surface area contributed by atoms with E-state index in [2.05, 4.69) is 31.4 Å². The van der Waals surface area contributed by atoms with Crippen molar-refractivity contribution in [1.29, 1.82) is 0 Å². The van der Waals surface area contributed by atoms with Gasteiger partial charge >= 0.3 is 0 Å². The summed E-state index contributed by atoms with van der Waals surface area (Å²) in [5.41, 5.74) is 2.34. The van der Waals surface area contributed by atoms with Crippen LogP contribution in [0.15, 0.2) is 24.3 Å². The van der Waals surface area contributed by atoms with Crippen LogP contribution >= 0.6 is 0 Å². The van der Waals surface area contributed by atoms with E-state index in [0.717, 1.165) is 37.2 Å². The van der Waals surface area contributed by atoms with Gasteiger partial charge in [-0.3, -0.25) is 4.79 Å². The number of rotatable bonds is 5. The number of hydrogen-bond acceptors (Lipinski definition) is 2. The SMILES string of the molecule is CC(C)(C)CCNc1ccc(NC(=O)C2CC2)cc1. The maximum Gasteiger partial charge on any atom is 0.227 e. The molecule has 1 amide bonds. The number of amides is 1. The third-order valence-corrected chi connectivity index (χ3v) is 3.30. The number of carbonyl (C=O) groups is 1. The summed E-state index contributed by atoms with van der Waals surface area (Å²) in [5, 5.41) is 6.35. The summed E-state index contributed by atoms with van der Waals surface area (Å²) in [6, 6.07) is 7.95. The summed E-state index contributed by atoms with van der Waals surface area (Å²) in [6.45, 7) is 7.69. The van der Waals surface area contributed by atoms with E-state index in [1.165, 1.54) is 0 Å². The minimum atomic E-state index is 0.161. The van der Waals surface area contributed by atoms with E-state index in [1.807, 2.05) is 24.3 Å². The molecule has 0 bridgehead atoms. The van der Waals surface area contributed by atoms with Gasteiger partial charge in [-0.2, -0.15) is 0 Å². The van der Waals surface area contributed by atoms with Crippen molar-refractivity contribution >= 4 is 17.3 Å². The fourth-order valence-corrected chi connectivity index (χ4v) is 1.84. The molecule has 2 rings (SSSR count). The molecule has 0 unspecified atom stereocenters. The lowest BCUT2D eigenvalue weighted by atomic mass is 9.92. The van der Waals surface area contributed by atoms with Gasteiger partial charge in [-0.1, -0.05) is 20.8 Å². The summed E-state index contributed by atoms with van der Waals surface area (Å²) < 4.78 is 0. The molecule has 0 saturated heterocycles. The molecule has 0 radical (unpaired) electrons. The lowest BCUT2D eigenvalue weighted by Crippen LogP contribution is -2.14. The number of anilines is 2. The van der Waals surface area contributed by atoms with Gasteiger partial charge in [0.15, 0.2) is 0 Å². The van der Waals surface area contributed by atoms with Crippen molar-refractivity contribution in [3.63, 3.8) is 0 Å². The van der Waals surface area contributed by atoms with Crippen LogP contribution in [0.25, 0.3) is 0 Å². The van der Waals surface area contributed by atoms with Crippen molar-refractivity contribution in [2.45, 2.75) is 40.0 Å². The molecule has 3 heteroatoms. The Morgan fingerprint density at radius 1 is 1.16 bits per heavy atom. The highest BCUT2D eigenvalue weighted by molar-refractivity contribution is 5.94. The Hall–Kier alpha value is -1.51. The summed E-state index contributed by atoms with van der Waals surface area (Å²) >= 11 is 0. The zero-order valence-corrected chi connectivity index (χ0v) is 12.1. The molecule has 1 aliphatic carbocycles.